The highest BCUT2D eigenvalue weighted by molar-refractivity contribution is 7.89. The second-order valence-corrected chi connectivity index (χ2v) is 5.46. The standard InChI is InChI=1S/C10H19N3O3S/c1-4-13(6-7-16-5-2)17(14,15)10-8-11-12-9(10)3/h8H,4-7H2,1-3H3,(H,11,12). The van der Waals surface area contributed by atoms with Gasteiger partial charge in [-0.15, -0.1) is 0 Å². The first kappa shape index (κ1) is 14.1. The number of H-pyrrole nitrogens is 1. The molecule has 0 amide bonds. The summed E-state index contributed by atoms with van der Waals surface area (Å²) in [4.78, 5) is 0.232. The number of likely N-dealkylation sites (N-methyl/N-ethyl adjacent to an activating group) is 1. The van der Waals surface area contributed by atoms with E-state index in [-0.39, 0.29) is 4.90 Å². The SMILES string of the molecule is CCOCCN(CC)S(=O)(=O)c1cn[nH]c1C. The summed E-state index contributed by atoms with van der Waals surface area (Å²) < 4.78 is 31.1. The molecule has 0 unspecified atom stereocenters. The van der Waals surface area contributed by atoms with E-state index in [1.165, 1.54) is 10.5 Å². The maximum absolute atomic E-state index is 12.2. The Morgan fingerprint density at radius 1 is 1.47 bits per heavy atom. The molecule has 0 saturated heterocycles. The van der Waals surface area contributed by atoms with Crippen LogP contribution in [0.3, 0.4) is 0 Å². The quantitative estimate of drug-likeness (QED) is 0.735. The predicted molar refractivity (Wildman–Crippen MR) is 64.3 cm³/mol. The Bertz CT molecular complexity index is 441. The molecule has 0 bridgehead atoms. The minimum atomic E-state index is -3.46. The minimum absolute atomic E-state index is 0.232. The molecule has 0 fully saturated rings. The van der Waals surface area contributed by atoms with Crippen LogP contribution in [0.25, 0.3) is 0 Å². The summed E-state index contributed by atoms with van der Waals surface area (Å²) in [5.74, 6) is 0. The van der Waals surface area contributed by atoms with Crippen LogP contribution in [0, 0.1) is 6.92 Å². The number of rotatable bonds is 7. The average Bonchev–Trinajstić information content (AvgIpc) is 2.71. The van der Waals surface area contributed by atoms with Crippen molar-refractivity contribution < 1.29 is 13.2 Å². The van der Waals surface area contributed by atoms with Crippen LogP contribution in [0.15, 0.2) is 11.1 Å². The molecular weight excluding hydrogens is 242 g/mol. The van der Waals surface area contributed by atoms with Crippen LogP contribution in [0.4, 0.5) is 0 Å². The third-order valence-corrected chi connectivity index (χ3v) is 4.53. The van der Waals surface area contributed by atoms with Gasteiger partial charge in [0.05, 0.1) is 18.5 Å². The van der Waals surface area contributed by atoms with Crippen molar-refractivity contribution in [2.45, 2.75) is 25.7 Å². The largest absolute Gasteiger partial charge is 0.380 e. The Hall–Kier alpha value is -0.920. The van der Waals surface area contributed by atoms with E-state index in [0.717, 1.165) is 0 Å². The fourth-order valence-electron chi connectivity index (χ4n) is 1.50. The highest BCUT2D eigenvalue weighted by atomic mass is 32.2. The van der Waals surface area contributed by atoms with Crippen molar-refractivity contribution in [2.75, 3.05) is 26.3 Å². The van der Waals surface area contributed by atoms with Crippen LogP contribution in [0.2, 0.25) is 0 Å². The van der Waals surface area contributed by atoms with Gasteiger partial charge < -0.3 is 4.74 Å². The number of aromatic amines is 1. The van der Waals surface area contributed by atoms with Crippen molar-refractivity contribution in [2.24, 2.45) is 0 Å². The average molecular weight is 261 g/mol. The summed E-state index contributed by atoms with van der Waals surface area (Å²) in [5, 5.41) is 6.37. The summed E-state index contributed by atoms with van der Waals surface area (Å²) in [6.45, 7) is 7.14. The Kier molecular flexibility index (Phi) is 5.10. The fraction of sp³-hybridized carbons (Fsp3) is 0.700. The molecule has 0 aliphatic heterocycles. The number of nitrogens with zero attached hydrogens (tertiary/aromatic N) is 2. The normalized spacial score (nSPS) is 12.2. The molecule has 7 heteroatoms. The van der Waals surface area contributed by atoms with Crippen LogP contribution >= 0.6 is 0 Å². The maximum atomic E-state index is 12.2. The fourth-order valence-corrected chi connectivity index (χ4v) is 3.05. The molecular formula is C10H19N3O3S. The number of aromatic nitrogens is 2. The molecule has 1 N–H and O–H groups in total. The zero-order valence-corrected chi connectivity index (χ0v) is 11.2. The second kappa shape index (κ2) is 6.13. The van der Waals surface area contributed by atoms with Gasteiger partial charge in [-0.2, -0.15) is 9.40 Å². The van der Waals surface area contributed by atoms with Gasteiger partial charge in [0.15, 0.2) is 0 Å². The van der Waals surface area contributed by atoms with Crippen molar-refractivity contribution in [1.29, 1.82) is 0 Å². The molecule has 0 aromatic carbocycles. The van der Waals surface area contributed by atoms with Crippen LogP contribution < -0.4 is 0 Å². The predicted octanol–water partition coefficient (Wildman–Crippen LogP) is 0.765. The molecule has 0 radical (unpaired) electrons. The van der Waals surface area contributed by atoms with Gasteiger partial charge in [-0.1, -0.05) is 6.92 Å². The van der Waals surface area contributed by atoms with Crippen molar-refractivity contribution in [3.8, 4) is 0 Å². The summed E-state index contributed by atoms with van der Waals surface area (Å²) in [7, 11) is -3.46. The lowest BCUT2D eigenvalue weighted by Gasteiger charge is -2.19. The smallest absolute Gasteiger partial charge is 0.246 e. The van der Waals surface area contributed by atoms with Gasteiger partial charge in [-0.3, -0.25) is 5.10 Å². The molecule has 1 heterocycles. The highest BCUT2D eigenvalue weighted by Crippen LogP contribution is 2.16. The van der Waals surface area contributed by atoms with Crippen LogP contribution in [0.5, 0.6) is 0 Å². The summed E-state index contributed by atoms with van der Waals surface area (Å²) in [6, 6.07) is 0. The monoisotopic (exact) mass is 261 g/mol. The number of nitrogens with one attached hydrogen (secondary N) is 1. The first-order chi connectivity index (χ1) is 8.04. The molecule has 17 heavy (non-hydrogen) atoms. The molecule has 98 valence electrons. The Balaban J connectivity index is 2.84. The van der Waals surface area contributed by atoms with E-state index in [4.69, 9.17) is 4.74 Å². The Morgan fingerprint density at radius 3 is 2.65 bits per heavy atom. The molecule has 1 rings (SSSR count). The first-order valence-corrected chi connectivity index (χ1v) is 7.05. The molecule has 0 atom stereocenters. The van der Waals surface area contributed by atoms with Gasteiger partial charge in [-0.05, 0) is 13.8 Å². The van der Waals surface area contributed by atoms with E-state index in [9.17, 15) is 8.42 Å². The van der Waals surface area contributed by atoms with E-state index < -0.39 is 10.0 Å². The zero-order valence-electron chi connectivity index (χ0n) is 10.4. The number of hydrogen-bond donors (Lipinski definition) is 1. The van der Waals surface area contributed by atoms with Gasteiger partial charge in [-0.25, -0.2) is 8.42 Å². The minimum Gasteiger partial charge on any atom is -0.380 e. The molecule has 0 spiro atoms. The topological polar surface area (TPSA) is 75.3 Å². The Labute approximate surface area is 102 Å². The van der Waals surface area contributed by atoms with Crippen molar-refractivity contribution in [1.82, 2.24) is 14.5 Å². The van der Waals surface area contributed by atoms with E-state index in [2.05, 4.69) is 10.2 Å². The van der Waals surface area contributed by atoms with E-state index in [1.54, 1.807) is 13.8 Å². The molecule has 6 nitrogen and oxygen atoms in total. The van der Waals surface area contributed by atoms with Crippen LogP contribution in [0.1, 0.15) is 19.5 Å². The van der Waals surface area contributed by atoms with E-state index in [0.29, 0.717) is 32.0 Å². The summed E-state index contributed by atoms with van der Waals surface area (Å²) in [6.07, 6.45) is 1.34. The first-order valence-electron chi connectivity index (χ1n) is 5.61. The molecule has 1 aromatic heterocycles. The molecule has 0 aliphatic rings. The number of aryl methyl sites for hydroxylation is 1. The van der Waals surface area contributed by atoms with Gasteiger partial charge in [0.25, 0.3) is 0 Å². The van der Waals surface area contributed by atoms with Gasteiger partial charge in [0, 0.05) is 19.7 Å². The third kappa shape index (κ3) is 3.27. The van der Waals surface area contributed by atoms with Gasteiger partial charge in [0.2, 0.25) is 10.0 Å². The second-order valence-electron chi connectivity index (χ2n) is 3.55. The lowest BCUT2D eigenvalue weighted by molar-refractivity contribution is 0.135. The maximum Gasteiger partial charge on any atom is 0.246 e. The van der Waals surface area contributed by atoms with Crippen molar-refractivity contribution >= 4 is 10.0 Å². The zero-order chi connectivity index (χ0) is 12.9. The lowest BCUT2D eigenvalue weighted by Crippen LogP contribution is -2.34. The van der Waals surface area contributed by atoms with Gasteiger partial charge >= 0.3 is 0 Å². The van der Waals surface area contributed by atoms with Crippen molar-refractivity contribution in [3.05, 3.63) is 11.9 Å². The molecule has 0 saturated carbocycles. The van der Waals surface area contributed by atoms with E-state index in [1.807, 2.05) is 6.92 Å². The lowest BCUT2D eigenvalue weighted by atomic mass is 10.5. The highest BCUT2D eigenvalue weighted by Gasteiger charge is 2.25. The summed E-state index contributed by atoms with van der Waals surface area (Å²) >= 11 is 0. The van der Waals surface area contributed by atoms with Crippen LogP contribution in [-0.4, -0.2) is 49.2 Å². The molecule has 1 aromatic rings. The Morgan fingerprint density at radius 2 is 2.18 bits per heavy atom. The number of hydrogen-bond acceptors (Lipinski definition) is 4. The molecule has 0 aliphatic carbocycles. The number of sulfonamides is 1. The van der Waals surface area contributed by atoms with Gasteiger partial charge in [0.1, 0.15) is 4.90 Å². The third-order valence-electron chi connectivity index (χ3n) is 2.44. The summed E-state index contributed by atoms with van der Waals surface area (Å²) in [5.41, 5.74) is 0.555. The van der Waals surface area contributed by atoms with Crippen molar-refractivity contribution in [3.63, 3.8) is 0 Å². The number of ether oxygens (including phenoxy) is 1. The van der Waals surface area contributed by atoms with E-state index >= 15 is 0 Å². The van der Waals surface area contributed by atoms with Crippen LogP contribution in [-0.2, 0) is 14.8 Å².